The monoisotopic (exact) mass is 297 g/mol. The van der Waals surface area contributed by atoms with Crippen LogP contribution in [0, 0.1) is 11.3 Å². The van der Waals surface area contributed by atoms with Crippen molar-refractivity contribution >= 4 is 0 Å². The molecule has 1 saturated heterocycles. The second-order valence-corrected chi connectivity index (χ2v) is 8.03. The van der Waals surface area contributed by atoms with Gasteiger partial charge in [-0.3, -0.25) is 0 Å². The second kappa shape index (κ2) is 7.94. The van der Waals surface area contributed by atoms with Crippen LogP contribution in [0.5, 0.6) is 0 Å². The van der Waals surface area contributed by atoms with Crippen LogP contribution in [-0.2, 0) is 9.47 Å². The van der Waals surface area contributed by atoms with Crippen LogP contribution in [0.4, 0.5) is 0 Å². The molecule has 4 unspecified atom stereocenters. The summed E-state index contributed by atoms with van der Waals surface area (Å²) in [6.07, 6.45) is 8.42. The van der Waals surface area contributed by atoms with Crippen molar-refractivity contribution in [3.63, 3.8) is 0 Å². The molecule has 124 valence electrons. The van der Waals surface area contributed by atoms with Crippen LogP contribution in [0.2, 0.25) is 0 Å². The van der Waals surface area contributed by atoms with E-state index in [9.17, 15) is 0 Å². The van der Waals surface area contributed by atoms with Crippen molar-refractivity contribution in [3.05, 3.63) is 0 Å². The Morgan fingerprint density at radius 1 is 1.19 bits per heavy atom. The summed E-state index contributed by atoms with van der Waals surface area (Å²) >= 11 is 0. The number of hydrogen-bond donors (Lipinski definition) is 1. The van der Waals surface area contributed by atoms with Crippen LogP contribution in [0.1, 0.15) is 66.2 Å². The van der Waals surface area contributed by atoms with Gasteiger partial charge < -0.3 is 14.8 Å². The third kappa shape index (κ3) is 5.88. The van der Waals surface area contributed by atoms with Crippen molar-refractivity contribution in [2.24, 2.45) is 11.3 Å². The lowest BCUT2D eigenvalue weighted by Crippen LogP contribution is -2.34. The zero-order valence-corrected chi connectivity index (χ0v) is 14.5. The Kier molecular flexibility index (Phi) is 6.51. The van der Waals surface area contributed by atoms with Gasteiger partial charge in [0.15, 0.2) is 0 Å². The fraction of sp³-hybridized carbons (Fsp3) is 1.00. The Hall–Kier alpha value is -0.120. The summed E-state index contributed by atoms with van der Waals surface area (Å²) in [5.41, 5.74) is 0.436. The van der Waals surface area contributed by atoms with Gasteiger partial charge in [-0.15, -0.1) is 0 Å². The Bertz CT molecular complexity index is 306. The van der Waals surface area contributed by atoms with Crippen LogP contribution in [0.3, 0.4) is 0 Å². The molecule has 0 amide bonds. The van der Waals surface area contributed by atoms with Crippen molar-refractivity contribution in [1.29, 1.82) is 0 Å². The summed E-state index contributed by atoms with van der Waals surface area (Å²) in [7, 11) is 0. The molecule has 0 aromatic heterocycles. The first-order chi connectivity index (χ1) is 9.98. The molecule has 1 N–H and O–H groups in total. The van der Waals surface area contributed by atoms with E-state index in [1.807, 2.05) is 0 Å². The average Bonchev–Trinajstić information content (AvgIpc) is 2.82. The van der Waals surface area contributed by atoms with E-state index in [1.165, 1.54) is 32.1 Å². The van der Waals surface area contributed by atoms with Gasteiger partial charge in [0.2, 0.25) is 0 Å². The lowest BCUT2D eigenvalue weighted by molar-refractivity contribution is -0.0716. The van der Waals surface area contributed by atoms with Crippen LogP contribution < -0.4 is 5.32 Å². The minimum Gasteiger partial charge on any atom is -0.375 e. The second-order valence-electron chi connectivity index (χ2n) is 8.03. The molecule has 3 heteroatoms. The van der Waals surface area contributed by atoms with Gasteiger partial charge in [0.25, 0.3) is 0 Å². The van der Waals surface area contributed by atoms with E-state index in [0.29, 0.717) is 23.7 Å². The summed E-state index contributed by atoms with van der Waals surface area (Å²) in [6, 6.07) is 0. The maximum Gasteiger partial charge on any atom is 0.0814 e. The third-order valence-electron chi connectivity index (χ3n) is 4.86. The van der Waals surface area contributed by atoms with Crippen LogP contribution >= 0.6 is 0 Å². The van der Waals surface area contributed by atoms with Gasteiger partial charge in [-0.2, -0.15) is 0 Å². The smallest absolute Gasteiger partial charge is 0.0814 e. The van der Waals surface area contributed by atoms with E-state index < -0.39 is 0 Å². The minimum atomic E-state index is 0.318. The van der Waals surface area contributed by atoms with Crippen molar-refractivity contribution in [2.45, 2.75) is 84.5 Å². The lowest BCUT2D eigenvalue weighted by Gasteiger charge is -2.39. The van der Waals surface area contributed by atoms with Gasteiger partial charge in [0.1, 0.15) is 0 Å². The Morgan fingerprint density at radius 3 is 2.67 bits per heavy atom. The van der Waals surface area contributed by atoms with E-state index in [1.54, 1.807) is 0 Å². The zero-order valence-electron chi connectivity index (χ0n) is 14.5. The molecular formula is C18H35NO2. The molecule has 3 nitrogen and oxygen atoms in total. The Morgan fingerprint density at radius 2 is 1.95 bits per heavy atom. The highest BCUT2D eigenvalue weighted by atomic mass is 16.5. The van der Waals surface area contributed by atoms with Crippen molar-refractivity contribution in [3.8, 4) is 0 Å². The van der Waals surface area contributed by atoms with E-state index in [4.69, 9.17) is 9.47 Å². The summed E-state index contributed by atoms with van der Waals surface area (Å²) in [4.78, 5) is 0. The minimum absolute atomic E-state index is 0.318. The highest BCUT2D eigenvalue weighted by Gasteiger charge is 2.33. The molecule has 1 aliphatic heterocycles. The topological polar surface area (TPSA) is 30.5 Å². The largest absolute Gasteiger partial charge is 0.375 e. The third-order valence-corrected chi connectivity index (χ3v) is 4.86. The van der Waals surface area contributed by atoms with Gasteiger partial charge in [-0.05, 0) is 56.4 Å². The van der Waals surface area contributed by atoms with E-state index in [2.05, 4.69) is 33.0 Å². The first-order valence-electron chi connectivity index (χ1n) is 8.96. The molecule has 4 atom stereocenters. The first kappa shape index (κ1) is 17.2. The molecule has 0 aromatic rings. The molecular weight excluding hydrogens is 262 g/mol. The maximum atomic E-state index is 6.20. The predicted octanol–water partition coefficient (Wildman–Crippen LogP) is 3.77. The highest BCUT2D eigenvalue weighted by molar-refractivity contribution is 4.84. The molecule has 0 radical (unpaired) electrons. The molecule has 1 aliphatic carbocycles. The molecule has 0 bridgehead atoms. The molecule has 2 rings (SSSR count). The Labute approximate surface area is 131 Å². The van der Waals surface area contributed by atoms with Crippen molar-refractivity contribution in [1.82, 2.24) is 5.32 Å². The summed E-state index contributed by atoms with van der Waals surface area (Å²) < 4.78 is 12.3. The first-order valence-corrected chi connectivity index (χ1v) is 8.96. The van der Waals surface area contributed by atoms with E-state index in [-0.39, 0.29) is 0 Å². The molecule has 0 spiro atoms. The zero-order chi connectivity index (χ0) is 15.3. The fourth-order valence-corrected chi connectivity index (χ4v) is 4.12. The van der Waals surface area contributed by atoms with E-state index >= 15 is 0 Å². The van der Waals surface area contributed by atoms with Gasteiger partial charge in [-0.1, -0.05) is 27.7 Å². The quantitative estimate of drug-likeness (QED) is 0.726. The Balaban J connectivity index is 1.65. The summed E-state index contributed by atoms with van der Waals surface area (Å²) in [6.45, 7) is 12.2. The number of rotatable bonds is 7. The fourth-order valence-electron chi connectivity index (χ4n) is 4.12. The summed E-state index contributed by atoms with van der Waals surface area (Å²) in [5, 5.41) is 3.45. The van der Waals surface area contributed by atoms with Gasteiger partial charge in [-0.25, -0.2) is 0 Å². The number of ether oxygens (including phenoxy) is 2. The molecule has 21 heavy (non-hydrogen) atoms. The van der Waals surface area contributed by atoms with E-state index in [0.717, 1.165) is 32.0 Å². The lowest BCUT2D eigenvalue weighted by atomic mass is 9.71. The maximum absolute atomic E-state index is 6.20. The van der Waals surface area contributed by atoms with Gasteiger partial charge in [0.05, 0.1) is 24.9 Å². The highest BCUT2D eigenvalue weighted by Crippen LogP contribution is 2.39. The SMILES string of the molecule is CCCNCC1CCC(COC2CC(C)CC(C)(C)C2)O1. The number of hydrogen-bond acceptors (Lipinski definition) is 3. The summed E-state index contributed by atoms with van der Waals surface area (Å²) in [5.74, 6) is 0.786. The van der Waals surface area contributed by atoms with Crippen LogP contribution in [-0.4, -0.2) is 38.0 Å². The molecule has 1 heterocycles. The normalized spacial score (nSPS) is 36.0. The van der Waals surface area contributed by atoms with Crippen LogP contribution in [0.25, 0.3) is 0 Å². The van der Waals surface area contributed by atoms with Crippen molar-refractivity contribution < 1.29 is 9.47 Å². The van der Waals surface area contributed by atoms with Gasteiger partial charge in [0, 0.05) is 6.54 Å². The predicted molar refractivity (Wildman–Crippen MR) is 87.6 cm³/mol. The standard InChI is InChI=1S/C18H35NO2/c1-5-8-19-12-15-6-7-16(21-15)13-20-17-9-14(2)10-18(3,4)11-17/h14-17,19H,5-13H2,1-4H3. The molecule has 0 aromatic carbocycles. The average molecular weight is 297 g/mol. The number of nitrogens with one attached hydrogen (secondary N) is 1. The molecule has 2 fully saturated rings. The molecule has 1 saturated carbocycles. The molecule has 2 aliphatic rings. The van der Waals surface area contributed by atoms with Crippen molar-refractivity contribution in [2.75, 3.05) is 19.7 Å². The van der Waals surface area contributed by atoms with Crippen LogP contribution in [0.15, 0.2) is 0 Å². The van der Waals surface area contributed by atoms with Gasteiger partial charge >= 0.3 is 0 Å².